The van der Waals surface area contributed by atoms with E-state index in [1.807, 2.05) is 13.0 Å². The summed E-state index contributed by atoms with van der Waals surface area (Å²) in [4.78, 5) is 12.6. The minimum atomic E-state index is -3.81. The Morgan fingerprint density at radius 2 is 1.96 bits per heavy atom. The zero-order chi connectivity index (χ0) is 19.4. The molecule has 0 saturated heterocycles. The van der Waals surface area contributed by atoms with E-state index in [0.717, 1.165) is 10.0 Å². The van der Waals surface area contributed by atoms with Crippen molar-refractivity contribution in [3.8, 4) is 11.1 Å². The lowest BCUT2D eigenvalue weighted by Crippen LogP contribution is -2.42. The largest absolute Gasteiger partial charge is 0.382 e. The highest BCUT2D eigenvalue weighted by atomic mass is 79.9. The zero-order valence-corrected chi connectivity index (χ0v) is 17.3. The first-order valence-electron chi connectivity index (χ1n) is 8.71. The third-order valence-corrected chi connectivity index (χ3v) is 6.56. The number of halogens is 1. The van der Waals surface area contributed by atoms with Crippen LogP contribution in [0.1, 0.15) is 13.3 Å². The highest BCUT2D eigenvalue weighted by Crippen LogP contribution is 2.43. The molecule has 6 nitrogen and oxygen atoms in total. The minimum absolute atomic E-state index is 0.208. The van der Waals surface area contributed by atoms with Crippen LogP contribution in [0, 0.1) is 0 Å². The molecule has 0 unspecified atom stereocenters. The Balaban J connectivity index is 1.86. The number of nitrogens with one attached hydrogen (secondary N) is 1. The Morgan fingerprint density at radius 3 is 2.74 bits per heavy atom. The molecule has 0 saturated carbocycles. The summed E-state index contributed by atoms with van der Waals surface area (Å²) in [5, 5.41) is 2.76. The molecular formula is C19H21BrN2O4S. The Morgan fingerprint density at radius 1 is 1.19 bits per heavy atom. The van der Waals surface area contributed by atoms with Crippen LogP contribution in [0.3, 0.4) is 0 Å². The number of ether oxygens (including phenoxy) is 1. The average Bonchev–Trinajstić information content (AvgIpc) is 2.65. The predicted octanol–water partition coefficient (Wildman–Crippen LogP) is 3.17. The second kappa shape index (κ2) is 8.41. The van der Waals surface area contributed by atoms with Crippen LogP contribution in [0.15, 0.2) is 51.8 Å². The third kappa shape index (κ3) is 4.17. The van der Waals surface area contributed by atoms with Crippen molar-refractivity contribution >= 4 is 37.5 Å². The monoisotopic (exact) mass is 452 g/mol. The number of anilines is 1. The lowest BCUT2D eigenvalue weighted by molar-refractivity contribution is -0.119. The number of amides is 1. The Hall–Kier alpha value is -1.90. The van der Waals surface area contributed by atoms with Gasteiger partial charge in [-0.25, -0.2) is 8.42 Å². The lowest BCUT2D eigenvalue weighted by atomic mass is 10.0. The van der Waals surface area contributed by atoms with Gasteiger partial charge in [0.15, 0.2) is 0 Å². The van der Waals surface area contributed by atoms with Crippen molar-refractivity contribution in [3.05, 3.63) is 46.9 Å². The van der Waals surface area contributed by atoms with E-state index < -0.39 is 10.0 Å². The molecule has 2 aromatic carbocycles. The smallest absolute Gasteiger partial charge is 0.265 e. The topological polar surface area (TPSA) is 75.7 Å². The van der Waals surface area contributed by atoms with Crippen molar-refractivity contribution in [2.24, 2.45) is 0 Å². The van der Waals surface area contributed by atoms with Gasteiger partial charge in [0.05, 0.1) is 10.6 Å². The molecule has 2 aromatic rings. The maximum Gasteiger partial charge on any atom is 0.265 e. The molecule has 27 heavy (non-hydrogen) atoms. The molecule has 0 fully saturated rings. The van der Waals surface area contributed by atoms with E-state index in [9.17, 15) is 13.2 Å². The molecule has 144 valence electrons. The number of hydrogen-bond donors (Lipinski definition) is 1. The van der Waals surface area contributed by atoms with Gasteiger partial charge < -0.3 is 10.1 Å². The third-order valence-electron chi connectivity index (χ3n) is 4.25. The van der Waals surface area contributed by atoms with Crippen molar-refractivity contribution < 1.29 is 17.9 Å². The second-order valence-electron chi connectivity index (χ2n) is 6.07. The van der Waals surface area contributed by atoms with E-state index in [1.54, 1.807) is 36.4 Å². The Kier molecular flexibility index (Phi) is 6.18. The standard InChI is InChI=1S/C19H21BrN2O4S/c1-2-26-11-5-10-21-19(23)13-22-17-9-8-14(20)12-16(17)15-6-3-4-7-18(15)27(22,24)25/h3-4,6-9,12H,2,5,10-11,13H2,1H3,(H,21,23). The summed E-state index contributed by atoms with van der Waals surface area (Å²) >= 11 is 3.44. The summed E-state index contributed by atoms with van der Waals surface area (Å²) < 4.78 is 33.5. The van der Waals surface area contributed by atoms with Crippen LogP contribution in [0.5, 0.6) is 0 Å². The number of carbonyl (C=O) groups is 1. The predicted molar refractivity (Wildman–Crippen MR) is 108 cm³/mol. The average molecular weight is 453 g/mol. The Bertz CT molecular complexity index is 946. The molecule has 0 atom stereocenters. The zero-order valence-electron chi connectivity index (χ0n) is 14.9. The van der Waals surface area contributed by atoms with Gasteiger partial charge in [0.2, 0.25) is 5.91 Å². The van der Waals surface area contributed by atoms with E-state index >= 15 is 0 Å². The number of rotatable bonds is 7. The summed E-state index contributed by atoms with van der Waals surface area (Å²) in [6, 6.07) is 12.2. The lowest BCUT2D eigenvalue weighted by Gasteiger charge is -2.31. The Labute approximate surface area is 167 Å². The van der Waals surface area contributed by atoms with Crippen molar-refractivity contribution in [3.63, 3.8) is 0 Å². The van der Waals surface area contributed by atoms with E-state index in [-0.39, 0.29) is 17.3 Å². The van der Waals surface area contributed by atoms with Gasteiger partial charge in [-0.15, -0.1) is 0 Å². The van der Waals surface area contributed by atoms with Crippen LogP contribution < -0.4 is 9.62 Å². The first kappa shape index (κ1) is 19.9. The highest BCUT2D eigenvalue weighted by molar-refractivity contribution is 9.10. The van der Waals surface area contributed by atoms with Crippen LogP contribution in [-0.4, -0.2) is 40.6 Å². The summed E-state index contributed by atoms with van der Waals surface area (Å²) in [5.41, 5.74) is 1.92. The molecular weight excluding hydrogens is 432 g/mol. The molecule has 0 aliphatic carbocycles. The van der Waals surface area contributed by atoms with Gasteiger partial charge in [-0.05, 0) is 37.6 Å². The molecule has 0 radical (unpaired) electrons. The fourth-order valence-corrected chi connectivity index (χ4v) is 5.02. The van der Waals surface area contributed by atoms with Crippen LogP contribution in [0.25, 0.3) is 11.1 Å². The van der Waals surface area contributed by atoms with Crippen molar-refractivity contribution in [1.29, 1.82) is 0 Å². The fraction of sp³-hybridized carbons (Fsp3) is 0.316. The highest BCUT2D eigenvalue weighted by Gasteiger charge is 2.35. The molecule has 1 amide bonds. The van der Waals surface area contributed by atoms with Crippen molar-refractivity contribution in [2.75, 3.05) is 30.6 Å². The SMILES string of the molecule is CCOCCCNC(=O)CN1c2ccc(Br)cc2-c2ccccc2S1(=O)=O. The minimum Gasteiger partial charge on any atom is -0.382 e. The normalized spacial score (nSPS) is 14.4. The van der Waals surface area contributed by atoms with Crippen LogP contribution in [0.2, 0.25) is 0 Å². The quantitative estimate of drug-likeness (QED) is 0.654. The van der Waals surface area contributed by atoms with Gasteiger partial charge in [-0.3, -0.25) is 9.10 Å². The van der Waals surface area contributed by atoms with E-state index in [0.29, 0.717) is 37.4 Å². The van der Waals surface area contributed by atoms with E-state index in [1.165, 1.54) is 4.31 Å². The van der Waals surface area contributed by atoms with Gasteiger partial charge in [0, 0.05) is 35.4 Å². The second-order valence-corrected chi connectivity index (χ2v) is 8.82. The molecule has 0 bridgehead atoms. The van der Waals surface area contributed by atoms with Crippen molar-refractivity contribution in [2.45, 2.75) is 18.2 Å². The number of nitrogens with zero attached hydrogens (tertiary/aromatic N) is 1. The summed E-state index contributed by atoms with van der Waals surface area (Å²) in [5.74, 6) is -0.344. The molecule has 1 heterocycles. The molecule has 0 aromatic heterocycles. The van der Waals surface area contributed by atoms with Crippen LogP contribution in [-0.2, 0) is 19.6 Å². The number of hydrogen-bond acceptors (Lipinski definition) is 4. The van der Waals surface area contributed by atoms with Gasteiger partial charge in [0.25, 0.3) is 10.0 Å². The van der Waals surface area contributed by atoms with Gasteiger partial charge in [0.1, 0.15) is 6.54 Å². The number of sulfonamides is 1. The fourth-order valence-electron chi connectivity index (χ4n) is 3.01. The maximum atomic E-state index is 13.1. The van der Waals surface area contributed by atoms with Gasteiger partial charge in [-0.2, -0.15) is 0 Å². The summed E-state index contributed by atoms with van der Waals surface area (Å²) in [6.07, 6.45) is 0.679. The summed E-state index contributed by atoms with van der Waals surface area (Å²) in [7, 11) is -3.81. The molecule has 8 heteroatoms. The van der Waals surface area contributed by atoms with E-state index in [2.05, 4.69) is 21.2 Å². The molecule has 1 aliphatic rings. The molecule has 1 N–H and O–H groups in total. The van der Waals surface area contributed by atoms with Crippen LogP contribution in [0.4, 0.5) is 5.69 Å². The number of carbonyl (C=O) groups excluding carboxylic acids is 1. The number of fused-ring (bicyclic) bond motifs is 3. The first-order chi connectivity index (χ1) is 12.9. The molecule has 1 aliphatic heterocycles. The van der Waals surface area contributed by atoms with Gasteiger partial charge >= 0.3 is 0 Å². The maximum absolute atomic E-state index is 13.1. The van der Waals surface area contributed by atoms with Crippen LogP contribution >= 0.6 is 15.9 Å². The molecule has 3 rings (SSSR count). The van der Waals surface area contributed by atoms with Crippen molar-refractivity contribution in [1.82, 2.24) is 5.32 Å². The van der Waals surface area contributed by atoms with Gasteiger partial charge in [-0.1, -0.05) is 34.1 Å². The molecule has 0 spiro atoms. The van der Waals surface area contributed by atoms with E-state index in [4.69, 9.17) is 4.74 Å². The number of benzene rings is 2. The summed E-state index contributed by atoms with van der Waals surface area (Å²) in [6.45, 7) is 3.28. The first-order valence-corrected chi connectivity index (χ1v) is 10.9.